The molecule has 9 nitrogen and oxygen atoms in total. The van der Waals surface area contributed by atoms with Gasteiger partial charge in [0.05, 0.1) is 6.42 Å². The molecule has 0 aliphatic carbocycles. The molecule has 46 heavy (non-hydrogen) atoms. The van der Waals surface area contributed by atoms with Crippen molar-refractivity contribution in [2.75, 3.05) is 6.54 Å². The van der Waals surface area contributed by atoms with Crippen LogP contribution in [0.15, 0.2) is 84.9 Å². The van der Waals surface area contributed by atoms with Gasteiger partial charge in [0.1, 0.15) is 18.4 Å². The number of fused-ring (bicyclic) bond motifs is 1. The number of nitrogens with one attached hydrogen (secondary N) is 4. The summed E-state index contributed by atoms with van der Waals surface area (Å²) >= 11 is 0. The fourth-order valence-electron chi connectivity index (χ4n) is 5.88. The Kier molecular flexibility index (Phi) is 12.6. The van der Waals surface area contributed by atoms with E-state index in [0.29, 0.717) is 32.1 Å². The van der Waals surface area contributed by atoms with Crippen molar-refractivity contribution in [3.05, 3.63) is 96.1 Å². The van der Waals surface area contributed by atoms with Gasteiger partial charge in [0.15, 0.2) is 0 Å². The Labute approximate surface area is 270 Å². The molecule has 0 spiro atoms. The van der Waals surface area contributed by atoms with Crippen LogP contribution in [0.3, 0.4) is 0 Å². The molecule has 0 saturated carbocycles. The lowest BCUT2D eigenvalue weighted by Crippen LogP contribution is -2.55. The molecule has 4 rings (SSSR count). The van der Waals surface area contributed by atoms with Gasteiger partial charge in [0.2, 0.25) is 23.6 Å². The monoisotopic (exact) mass is 624 g/mol. The maximum absolute atomic E-state index is 14.0. The molecule has 0 bridgehead atoms. The first kappa shape index (κ1) is 34.1. The molecule has 4 amide bonds. The van der Waals surface area contributed by atoms with Gasteiger partial charge in [0, 0.05) is 24.9 Å². The van der Waals surface area contributed by atoms with Gasteiger partial charge in [-0.25, -0.2) is 0 Å². The van der Waals surface area contributed by atoms with Crippen molar-refractivity contribution in [1.82, 2.24) is 21.3 Å². The smallest absolute Gasteiger partial charge is 0.243 e. The molecular weight excluding hydrogens is 580 g/mol. The van der Waals surface area contributed by atoms with Crippen LogP contribution in [0.25, 0.3) is 10.8 Å². The first-order chi connectivity index (χ1) is 22.2. The number of amides is 4. The third-order valence-corrected chi connectivity index (χ3v) is 8.24. The molecule has 1 heterocycles. The van der Waals surface area contributed by atoms with Crippen LogP contribution in [0.1, 0.15) is 50.7 Å². The van der Waals surface area contributed by atoms with E-state index in [1.807, 2.05) is 86.6 Å². The van der Waals surface area contributed by atoms with Gasteiger partial charge in [-0.1, -0.05) is 92.7 Å². The fraction of sp³-hybridized carbons (Fsp3) is 0.378. The number of hydrogen-bond donors (Lipinski definition) is 4. The highest BCUT2D eigenvalue weighted by molar-refractivity contribution is 5.94. The van der Waals surface area contributed by atoms with Crippen molar-refractivity contribution in [3.63, 3.8) is 0 Å². The second-order valence-corrected chi connectivity index (χ2v) is 12.3. The van der Waals surface area contributed by atoms with Crippen LogP contribution in [0, 0.1) is 11.8 Å². The van der Waals surface area contributed by atoms with E-state index in [-0.39, 0.29) is 36.5 Å². The predicted octanol–water partition coefficient (Wildman–Crippen LogP) is 3.80. The van der Waals surface area contributed by atoms with Gasteiger partial charge in [0.25, 0.3) is 0 Å². The van der Waals surface area contributed by atoms with Crippen molar-refractivity contribution >= 4 is 40.7 Å². The lowest BCUT2D eigenvalue weighted by atomic mass is 9.96. The number of rotatable bonds is 16. The molecule has 242 valence electrons. The minimum Gasteiger partial charge on any atom is -0.356 e. The SMILES string of the molecule is CC(C)C[C@H](NC(=O)[C@H](Cc1cccc2ccccc12)NC(=O)Cc1ccccc1)C(=O)N[C@H](/C=C/C=O)CC[C@@H]1CCNC1=O. The molecule has 0 radical (unpaired) electrons. The van der Waals surface area contributed by atoms with Crippen molar-refractivity contribution in [1.29, 1.82) is 0 Å². The zero-order valence-corrected chi connectivity index (χ0v) is 26.5. The van der Waals surface area contributed by atoms with Gasteiger partial charge in [-0.05, 0) is 59.6 Å². The predicted molar refractivity (Wildman–Crippen MR) is 179 cm³/mol. The van der Waals surface area contributed by atoms with Crippen molar-refractivity contribution < 1.29 is 24.0 Å². The minimum atomic E-state index is -0.934. The lowest BCUT2D eigenvalue weighted by Gasteiger charge is -2.26. The maximum Gasteiger partial charge on any atom is 0.243 e. The molecule has 1 aliphatic rings. The summed E-state index contributed by atoms with van der Waals surface area (Å²) in [5.41, 5.74) is 1.73. The third-order valence-electron chi connectivity index (χ3n) is 8.24. The summed E-state index contributed by atoms with van der Waals surface area (Å²) in [6.07, 6.45) is 6.06. The quantitative estimate of drug-likeness (QED) is 0.142. The number of carbonyl (C=O) groups is 5. The number of hydrogen-bond acceptors (Lipinski definition) is 5. The molecule has 1 saturated heterocycles. The standard InChI is InChI=1S/C37H44N4O5/c1-25(2)22-32(36(45)39-30(15-9-21-42)18-17-28-19-20-38-35(28)44)41-37(46)33(40-34(43)23-26-10-4-3-5-11-26)24-29-14-8-13-27-12-6-7-16-31(27)29/h3-16,21,25,28,30,32-33H,17-20,22-24H2,1-2H3,(H,38,44)(H,39,45)(H,40,43)(H,41,46)/b15-9+/t28-,30-,32+,33+/m1/s1. The van der Waals surface area contributed by atoms with Crippen LogP contribution >= 0.6 is 0 Å². The van der Waals surface area contributed by atoms with E-state index in [9.17, 15) is 24.0 Å². The van der Waals surface area contributed by atoms with Gasteiger partial charge in [-0.15, -0.1) is 0 Å². The minimum absolute atomic E-state index is 0.000869. The molecular formula is C37H44N4O5. The van der Waals surface area contributed by atoms with Crippen LogP contribution in [-0.2, 0) is 36.8 Å². The average Bonchev–Trinajstić information content (AvgIpc) is 3.46. The second-order valence-electron chi connectivity index (χ2n) is 12.3. The second kappa shape index (κ2) is 17.1. The highest BCUT2D eigenvalue weighted by Gasteiger charge is 2.30. The van der Waals surface area contributed by atoms with Crippen molar-refractivity contribution in [3.8, 4) is 0 Å². The topological polar surface area (TPSA) is 133 Å². The highest BCUT2D eigenvalue weighted by atomic mass is 16.2. The molecule has 0 unspecified atom stereocenters. The fourth-order valence-corrected chi connectivity index (χ4v) is 5.88. The van der Waals surface area contributed by atoms with E-state index in [1.54, 1.807) is 6.08 Å². The van der Waals surface area contributed by atoms with Gasteiger partial charge >= 0.3 is 0 Å². The van der Waals surface area contributed by atoms with E-state index < -0.39 is 29.9 Å². The number of carbonyl (C=O) groups excluding carboxylic acids is 5. The van der Waals surface area contributed by atoms with Gasteiger partial charge in [-0.2, -0.15) is 0 Å². The zero-order valence-electron chi connectivity index (χ0n) is 26.5. The van der Waals surface area contributed by atoms with Crippen LogP contribution in [0.4, 0.5) is 0 Å². The van der Waals surface area contributed by atoms with E-state index in [2.05, 4.69) is 21.3 Å². The van der Waals surface area contributed by atoms with E-state index in [4.69, 9.17) is 0 Å². The summed E-state index contributed by atoms with van der Waals surface area (Å²) in [5, 5.41) is 13.7. The molecule has 1 aliphatic heterocycles. The van der Waals surface area contributed by atoms with Crippen molar-refractivity contribution in [2.45, 2.75) is 70.5 Å². The number of allylic oxidation sites excluding steroid dienone is 1. The lowest BCUT2D eigenvalue weighted by molar-refractivity contribution is -0.132. The summed E-state index contributed by atoms with van der Waals surface area (Å²) in [6.45, 7) is 4.56. The molecule has 3 aromatic carbocycles. The summed E-state index contributed by atoms with van der Waals surface area (Å²) in [7, 11) is 0. The normalized spacial score (nSPS) is 16.5. The Morgan fingerprint density at radius 3 is 2.33 bits per heavy atom. The first-order valence-corrected chi connectivity index (χ1v) is 16.0. The zero-order chi connectivity index (χ0) is 32.9. The molecule has 1 fully saturated rings. The third kappa shape index (κ3) is 10.1. The van der Waals surface area contributed by atoms with Crippen molar-refractivity contribution in [2.24, 2.45) is 11.8 Å². The Morgan fingerprint density at radius 1 is 0.891 bits per heavy atom. The van der Waals surface area contributed by atoms with Crippen LogP contribution < -0.4 is 21.3 Å². The van der Waals surface area contributed by atoms with Crippen LogP contribution in [0.5, 0.6) is 0 Å². The highest BCUT2D eigenvalue weighted by Crippen LogP contribution is 2.21. The van der Waals surface area contributed by atoms with Crippen LogP contribution in [0.2, 0.25) is 0 Å². The average molecular weight is 625 g/mol. The Bertz CT molecular complexity index is 1530. The number of aldehydes is 1. The Balaban J connectivity index is 1.52. The summed E-state index contributed by atoms with van der Waals surface area (Å²) in [5.74, 6) is -1.21. The molecule has 4 N–H and O–H groups in total. The van der Waals surface area contributed by atoms with E-state index >= 15 is 0 Å². The first-order valence-electron chi connectivity index (χ1n) is 16.0. The summed E-state index contributed by atoms with van der Waals surface area (Å²) < 4.78 is 0. The Morgan fingerprint density at radius 2 is 1.61 bits per heavy atom. The summed E-state index contributed by atoms with van der Waals surface area (Å²) in [6, 6.07) is 20.8. The largest absolute Gasteiger partial charge is 0.356 e. The summed E-state index contributed by atoms with van der Waals surface area (Å²) in [4.78, 5) is 64.0. The maximum atomic E-state index is 14.0. The molecule has 0 aromatic heterocycles. The van der Waals surface area contributed by atoms with E-state index in [0.717, 1.165) is 28.3 Å². The molecule has 4 atom stereocenters. The van der Waals surface area contributed by atoms with E-state index in [1.165, 1.54) is 6.08 Å². The Hall–Kier alpha value is -4.79. The van der Waals surface area contributed by atoms with Crippen LogP contribution in [-0.4, -0.2) is 54.6 Å². The number of benzene rings is 3. The van der Waals surface area contributed by atoms with Gasteiger partial charge in [-0.3, -0.25) is 24.0 Å². The molecule has 3 aromatic rings. The molecule has 9 heteroatoms. The van der Waals surface area contributed by atoms with Gasteiger partial charge < -0.3 is 21.3 Å².